The minimum Gasteiger partial charge on any atom is -0.351 e. The summed E-state index contributed by atoms with van der Waals surface area (Å²) in [6, 6.07) is 2.89. The van der Waals surface area contributed by atoms with Crippen LogP contribution < -0.4 is 5.40 Å². The highest BCUT2D eigenvalue weighted by atomic mass is 28.3. The lowest BCUT2D eigenvalue weighted by Gasteiger charge is -2.27. The summed E-state index contributed by atoms with van der Waals surface area (Å²) in [5, 5.41) is 6.89. The topological polar surface area (TPSA) is 26.0 Å². The van der Waals surface area contributed by atoms with Crippen molar-refractivity contribution >= 4 is 8.24 Å². The van der Waals surface area contributed by atoms with Crippen molar-refractivity contribution in [1.82, 2.24) is 0 Å². The molecule has 0 heterocycles. The monoisotopic (exact) mass is 587 g/mol. The standard InChI is InChI=1S/C27H50F9NSi/c28-25(29,30)19-13-7-1-4-10-16-22-38(37,23-17-11-5-2-8-14-20-26(31,32)33)24-18-12-6-3-9-15-21-27(34,35)36/h1-24,37H2. The zero-order chi connectivity index (χ0) is 29.0. The van der Waals surface area contributed by atoms with E-state index in [1.54, 1.807) is 0 Å². The zero-order valence-corrected chi connectivity index (χ0v) is 23.9. The van der Waals surface area contributed by atoms with E-state index in [0.29, 0.717) is 19.3 Å². The van der Waals surface area contributed by atoms with E-state index in [1.165, 1.54) is 0 Å². The van der Waals surface area contributed by atoms with Crippen LogP contribution in [0.5, 0.6) is 0 Å². The Bertz CT molecular complexity index is 474. The third kappa shape index (κ3) is 28.6. The van der Waals surface area contributed by atoms with Gasteiger partial charge in [-0.05, 0) is 37.4 Å². The average Bonchev–Trinajstić information content (AvgIpc) is 2.77. The molecule has 0 aliphatic heterocycles. The summed E-state index contributed by atoms with van der Waals surface area (Å²) in [5.41, 5.74) is 0. The van der Waals surface area contributed by atoms with Crippen LogP contribution in [0.1, 0.15) is 135 Å². The molecule has 0 fully saturated rings. The summed E-state index contributed by atoms with van der Waals surface area (Å²) in [5.74, 6) is 0. The summed E-state index contributed by atoms with van der Waals surface area (Å²) in [6.45, 7) is 0. The predicted molar refractivity (Wildman–Crippen MR) is 139 cm³/mol. The Morgan fingerprint density at radius 2 is 0.500 bits per heavy atom. The second-order valence-electron chi connectivity index (χ2n) is 11.1. The molecule has 0 bridgehead atoms. The maximum atomic E-state index is 12.2. The molecular formula is C27H50F9NSi. The largest absolute Gasteiger partial charge is 0.389 e. The molecule has 38 heavy (non-hydrogen) atoms. The Balaban J connectivity index is 4.22. The van der Waals surface area contributed by atoms with Gasteiger partial charge in [-0.15, -0.1) is 0 Å². The van der Waals surface area contributed by atoms with Gasteiger partial charge >= 0.3 is 18.5 Å². The summed E-state index contributed by atoms with van der Waals surface area (Å²) in [4.78, 5) is 0. The van der Waals surface area contributed by atoms with Crippen molar-refractivity contribution in [3.05, 3.63) is 0 Å². The molecule has 0 aliphatic carbocycles. The molecule has 0 amide bonds. The van der Waals surface area contributed by atoms with E-state index in [1.807, 2.05) is 0 Å². The molecule has 0 unspecified atom stereocenters. The van der Waals surface area contributed by atoms with Crippen LogP contribution in [0.25, 0.3) is 0 Å². The number of halogens is 9. The van der Waals surface area contributed by atoms with Crippen LogP contribution in [-0.2, 0) is 0 Å². The van der Waals surface area contributed by atoms with E-state index >= 15 is 0 Å². The van der Waals surface area contributed by atoms with Gasteiger partial charge < -0.3 is 5.40 Å². The lowest BCUT2D eigenvalue weighted by molar-refractivity contribution is -0.136. The molecular weight excluding hydrogens is 537 g/mol. The van der Waals surface area contributed by atoms with Crippen LogP contribution in [0.3, 0.4) is 0 Å². The van der Waals surface area contributed by atoms with Crippen molar-refractivity contribution in [2.24, 2.45) is 5.40 Å². The van der Waals surface area contributed by atoms with Crippen molar-refractivity contribution in [3.63, 3.8) is 0 Å². The first kappa shape index (κ1) is 37.5. The Kier molecular flexibility index (Phi) is 20.2. The molecule has 0 saturated heterocycles. The molecule has 0 aromatic rings. The molecule has 0 atom stereocenters. The van der Waals surface area contributed by atoms with Gasteiger partial charge in [-0.1, -0.05) is 96.3 Å². The van der Waals surface area contributed by atoms with Crippen molar-refractivity contribution < 1.29 is 39.5 Å². The maximum absolute atomic E-state index is 12.2. The maximum Gasteiger partial charge on any atom is 0.389 e. The van der Waals surface area contributed by atoms with E-state index in [-0.39, 0.29) is 19.3 Å². The summed E-state index contributed by atoms with van der Waals surface area (Å²) >= 11 is 0. The van der Waals surface area contributed by atoms with E-state index in [2.05, 4.69) is 0 Å². The van der Waals surface area contributed by atoms with E-state index < -0.39 is 46.0 Å². The number of hydrogen-bond donors (Lipinski definition) is 1. The molecule has 230 valence electrons. The highest BCUT2D eigenvalue weighted by molar-refractivity contribution is 6.76. The van der Waals surface area contributed by atoms with Crippen LogP contribution in [0, 0.1) is 0 Å². The fraction of sp³-hybridized carbons (Fsp3) is 1.00. The van der Waals surface area contributed by atoms with E-state index in [0.717, 1.165) is 95.2 Å². The van der Waals surface area contributed by atoms with Crippen LogP contribution in [0.15, 0.2) is 0 Å². The molecule has 0 radical (unpaired) electrons. The first-order valence-corrected chi connectivity index (χ1v) is 17.3. The predicted octanol–water partition coefficient (Wildman–Crippen LogP) is 11.8. The Hall–Kier alpha value is -0.453. The van der Waals surface area contributed by atoms with Crippen molar-refractivity contribution in [1.29, 1.82) is 0 Å². The minimum absolute atomic E-state index is 0.172. The number of nitrogens with two attached hydrogens (primary N) is 1. The smallest absolute Gasteiger partial charge is 0.351 e. The minimum atomic E-state index is -4.09. The lowest BCUT2D eigenvalue weighted by Crippen LogP contribution is -2.45. The molecule has 0 aromatic heterocycles. The Labute approximate surface area is 225 Å². The molecule has 2 N–H and O–H groups in total. The first-order valence-electron chi connectivity index (χ1n) is 14.6. The lowest BCUT2D eigenvalue weighted by atomic mass is 10.1. The number of rotatable bonds is 24. The van der Waals surface area contributed by atoms with Crippen LogP contribution in [-0.4, -0.2) is 26.8 Å². The third-order valence-electron chi connectivity index (χ3n) is 7.15. The zero-order valence-electron chi connectivity index (χ0n) is 22.9. The Morgan fingerprint density at radius 3 is 0.711 bits per heavy atom. The molecule has 11 heteroatoms. The fourth-order valence-corrected chi connectivity index (χ4v) is 8.52. The number of hydrogen-bond acceptors (Lipinski definition) is 1. The van der Waals surface area contributed by atoms with Gasteiger partial charge in [-0.3, -0.25) is 0 Å². The highest BCUT2D eigenvalue weighted by Gasteiger charge is 2.28. The van der Waals surface area contributed by atoms with Gasteiger partial charge in [0.15, 0.2) is 0 Å². The van der Waals surface area contributed by atoms with Gasteiger partial charge in [-0.2, -0.15) is 39.5 Å². The van der Waals surface area contributed by atoms with Gasteiger partial charge in [0.2, 0.25) is 0 Å². The quantitative estimate of drug-likeness (QED) is 0.0678. The fourth-order valence-electron chi connectivity index (χ4n) is 4.90. The van der Waals surface area contributed by atoms with Gasteiger partial charge in [0.05, 0.1) is 0 Å². The summed E-state index contributed by atoms with van der Waals surface area (Å²) in [7, 11) is -2.00. The second kappa shape index (κ2) is 20.4. The molecule has 0 spiro atoms. The van der Waals surface area contributed by atoms with Crippen molar-refractivity contribution in [3.8, 4) is 0 Å². The van der Waals surface area contributed by atoms with E-state index in [9.17, 15) is 39.5 Å². The van der Waals surface area contributed by atoms with Crippen molar-refractivity contribution in [2.75, 3.05) is 0 Å². The van der Waals surface area contributed by atoms with E-state index in [4.69, 9.17) is 5.40 Å². The van der Waals surface area contributed by atoms with Gasteiger partial charge in [0.1, 0.15) is 8.24 Å². The third-order valence-corrected chi connectivity index (χ3v) is 11.2. The summed E-state index contributed by atoms with van der Waals surface area (Å²) < 4.78 is 110. The average molecular weight is 588 g/mol. The molecule has 0 rings (SSSR count). The second-order valence-corrected chi connectivity index (χ2v) is 15.3. The highest BCUT2D eigenvalue weighted by Crippen LogP contribution is 2.28. The molecule has 1 nitrogen and oxygen atoms in total. The van der Waals surface area contributed by atoms with Gasteiger partial charge in [0.25, 0.3) is 0 Å². The normalized spacial score (nSPS) is 13.4. The first-order chi connectivity index (χ1) is 17.6. The summed E-state index contributed by atoms with van der Waals surface area (Å²) in [6.07, 6.45) is -1.34. The number of unbranched alkanes of at least 4 members (excludes halogenated alkanes) is 15. The van der Waals surface area contributed by atoms with Crippen molar-refractivity contribution in [2.45, 2.75) is 171 Å². The van der Waals surface area contributed by atoms with Crippen LogP contribution >= 0.6 is 0 Å². The molecule has 0 aliphatic rings. The van der Waals surface area contributed by atoms with Gasteiger partial charge in [0, 0.05) is 19.3 Å². The van der Waals surface area contributed by atoms with Crippen LogP contribution in [0.2, 0.25) is 18.1 Å². The SMILES string of the molecule is N[Si](CCCCCCCCC(F)(F)F)(CCCCCCCCC(F)(F)F)CCCCCCCCC(F)(F)F. The van der Waals surface area contributed by atoms with Crippen LogP contribution in [0.4, 0.5) is 39.5 Å². The molecule has 0 saturated carbocycles. The number of alkyl halides is 9. The Morgan fingerprint density at radius 1 is 0.316 bits per heavy atom. The molecule has 0 aromatic carbocycles. The van der Waals surface area contributed by atoms with Gasteiger partial charge in [-0.25, -0.2) is 0 Å².